The second-order valence-corrected chi connectivity index (χ2v) is 7.48. The molecule has 1 aliphatic heterocycles. The summed E-state index contributed by atoms with van der Waals surface area (Å²) in [6.07, 6.45) is 12.2. The van der Waals surface area contributed by atoms with Crippen LogP contribution >= 0.6 is 0 Å². The second kappa shape index (κ2) is 4.86. The fourth-order valence-corrected chi connectivity index (χ4v) is 4.49. The molecule has 0 N–H and O–H groups in total. The maximum atomic E-state index is 2.50. The van der Waals surface area contributed by atoms with Gasteiger partial charge in [0.05, 0.1) is 5.69 Å². The van der Waals surface area contributed by atoms with Crippen molar-refractivity contribution >= 4 is 16.9 Å². The van der Waals surface area contributed by atoms with Gasteiger partial charge >= 0.3 is 0 Å². The summed E-state index contributed by atoms with van der Waals surface area (Å²) >= 11 is 0. The average molecular weight is 321 g/mol. The van der Waals surface area contributed by atoms with Crippen LogP contribution in [0.4, 0.5) is 11.4 Å². The van der Waals surface area contributed by atoms with Gasteiger partial charge < -0.3 is 4.90 Å². The van der Waals surface area contributed by atoms with E-state index >= 15 is 0 Å². The van der Waals surface area contributed by atoms with Gasteiger partial charge in [0.15, 0.2) is 0 Å². The lowest BCUT2D eigenvalue weighted by Crippen LogP contribution is -2.21. The van der Waals surface area contributed by atoms with Crippen molar-refractivity contribution in [2.75, 3.05) is 4.90 Å². The van der Waals surface area contributed by atoms with Crippen LogP contribution in [0.5, 0.6) is 0 Å². The highest BCUT2D eigenvalue weighted by Crippen LogP contribution is 2.51. The summed E-state index contributed by atoms with van der Waals surface area (Å²) in [5.41, 5.74) is 9.57. The third-order valence-corrected chi connectivity index (χ3v) is 5.83. The van der Waals surface area contributed by atoms with E-state index in [1.807, 2.05) is 0 Å². The summed E-state index contributed by atoms with van der Waals surface area (Å²) in [7, 11) is 0. The fourth-order valence-electron chi connectivity index (χ4n) is 4.49. The average Bonchev–Trinajstić information content (AvgIpc) is 3.42. The van der Waals surface area contributed by atoms with E-state index in [0.717, 1.165) is 18.3 Å². The Balaban J connectivity index is 1.62. The van der Waals surface area contributed by atoms with Gasteiger partial charge in [0.1, 0.15) is 0 Å². The zero-order chi connectivity index (χ0) is 16.4. The minimum Gasteiger partial charge on any atom is -0.313 e. The van der Waals surface area contributed by atoms with Crippen LogP contribution < -0.4 is 4.90 Å². The number of allylic oxidation sites excluding steroid dienone is 7. The highest BCUT2D eigenvalue weighted by Gasteiger charge is 2.38. The summed E-state index contributed by atoms with van der Waals surface area (Å²) < 4.78 is 0. The van der Waals surface area contributed by atoms with Gasteiger partial charge in [-0.1, -0.05) is 54.6 Å². The van der Waals surface area contributed by atoms with Crippen molar-refractivity contribution in [1.29, 1.82) is 0 Å². The number of hydrogen-bond acceptors (Lipinski definition) is 1. The number of fused-ring (bicyclic) bond motifs is 6. The molecule has 1 fully saturated rings. The first-order valence-corrected chi connectivity index (χ1v) is 9.16. The Labute approximate surface area is 148 Å². The molecule has 6 rings (SSSR count). The first-order valence-electron chi connectivity index (χ1n) is 9.16. The van der Waals surface area contributed by atoms with E-state index in [-0.39, 0.29) is 0 Å². The standard InChI is InChI=1S/C24H19N/c1-2-6-21(7-3-1)25-22-14-19-12-17-10-16(17)11-18(19)13-20(15-22)23-8-4-5-9-24(23)25/h1-9,11-14,16-17H,10,15H2. The number of anilines is 2. The molecule has 0 aromatic heterocycles. The predicted molar refractivity (Wildman–Crippen MR) is 103 cm³/mol. The zero-order valence-electron chi connectivity index (χ0n) is 14.0. The number of rotatable bonds is 1. The second-order valence-electron chi connectivity index (χ2n) is 7.48. The Bertz CT molecular complexity index is 1000. The normalized spacial score (nSPS) is 25.4. The van der Waals surface area contributed by atoms with E-state index in [2.05, 4.69) is 83.8 Å². The summed E-state index contributed by atoms with van der Waals surface area (Å²) in [4.78, 5) is 2.44. The van der Waals surface area contributed by atoms with Gasteiger partial charge in [-0.15, -0.1) is 0 Å². The highest BCUT2D eigenvalue weighted by molar-refractivity contribution is 5.90. The summed E-state index contributed by atoms with van der Waals surface area (Å²) in [6.45, 7) is 0. The minimum atomic E-state index is 0.777. The Morgan fingerprint density at radius 2 is 1.48 bits per heavy atom. The molecule has 1 saturated carbocycles. The molecular weight excluding hydrogens is 302 g/mol. The minimum absolute atomic E-state index is 0.777. The first kappa shape index (κ1) is 13.5. The third kappa shape index (κ3) is 2.02. The molecule has 4 aliphatic rings. The van der Waals surface area contributed by atoms with Crippen LogP contribution in [-0.4, -0.2) is 0 Å². The maximum Gasteiger partial charge on any atom is 0.0533 e. The molecule has 2 atom stereocenters. The SMILES string of the molecule is C1=C2C=C3CC(=CC2=CC2CC12)N(c1ccccc1)c1ccccc13. The van der Waals surface area contributed by atoms with E-state index in [4.69, 9.17) is 0 Å². The summed E-state index contributed by atoms with van der Waals surface area (Å²) in [5.74, 6) is 1.56. The van der Waals surface area contributed by atoms with Gasteiger partial charge in [-0.25, -0.2) is 0 Å². The topological polar surface area (TPSA) is 3.24 Å². The van der Waals surface area contributed by atoms with E-state index in [0.29, 0.717) is 0 Å². The Morgan fingerprint density at radius 3 is 2.32 bits per heavy atom. The van der Waals surface area contributed by atoms with Crippen LogP contribution in [0.25, 0.3) is 5.57 Å². The predicted octanol–water partition coefficient (Wildman–Crippen LogP) is 6.01. The largest absolute Gasteiger partial charge is 0.313 e. The van der Waals surface area contributed by atoms with Crippen molar-refractivity contribution in [3.8, 4) is 0 Å². The lowest BCUT2D eigenvalue weighted by molar-refractivity contribution is 0.959. The molecule has 25 heavy (non-hydrogen) atoms. The molecule has 0 spiro atoms. The summed E-state index contributed by atoms with van der Waals surface area (Å²) in [5, 5.41) is 0. The van der Waals surface area contributed by atoms with Gasteiger partial charge in [0.25, 0.3) is 0 Å². The lowest BCUT2D eigenvalue weighted by atomic mass is 9.92. The van der Waals surface area contributed by atoms with Gasteiger partial charge in [0, 0.05) is 23.4 Å². The van der Waals surface area contributed by atoms with Gasteiger partial charge in [-0.05, 0) is 59.3 Å². The van der Waals surface area contributed by atoms with Crippen LogP contribution in [0, 0.1) is 11.8 Å². The molecule has 0 saturated heterocycles. The van der Waals surface area contributed by atoms with Crippen LogP contribution in [0.15, 0.2) is 95.7 Å². The molecule has 2 bridgehead atoms. The third-order valence-electron chi connectivity index (χ3n) is 5.83. The van der Waals surface area contributed by atoms with E-state index in [9.17, 15) is 0 Å². The van der Waals surface area contributed by atoms with E-state index < -0.39 is 0 Å². The van der Waals surface area contributed by atoms with Crippen LogP contribution in [0.3, 0.4) is 0 Å². The van der Waals surface area contributed by atoms with Crippen molar-refractivity contribution in [2.24, 2.45) is 11.8 Å². The zero-order valence-corrected chi connectivity index (χ0v) is 14.0. The Morgan fingerprint density at radius 1 is 0.760 bits per heavy atom. The van der Waals surface area contributed by atoms with Gasteiger partial charge in [0.2, 0.25) is 0 Å². The first-order chi connectivity index (χ1) is 12.4. The monoisotopic (exact) mass is 321 g/mol. The maximum absolute atomic E-state index is 2.50. The van der Waals surface area contributed by atoms with Gasteiger partial charge in [-0.3, -0.25) is 0 Å². The Kier molecular flexibility index (Phi) is 2.62. The highest BCUT2D eigenvalue weighted by atomic mass is 15.2. The van der Waals surface area contributed by atoms with Crippen molar-refractivity contribution < 1.29 is 0 Å². The Hall–Kier alpha value is -2.80. The van der Waals surface area contributed by atoms with Crippen molar-refractivity contribution in [1.82, 2.24) is 0 Å². The molecule has 120 valence electrons. The molecule has 1 heterocycles. The van der Waals surface area contributed by atoms with Crippen LogP contribution in [0.1, 0.15) is 18.4 Å². The molecule has 3 aliphatic carbocycles. The van der Waals surface area contributed by atoms with Crippen molar-refractivity contribution in [3.05, 3.63) is 101 Å². The van der Waals surface area contributed by atoms with Crippen molar-refractivity contribution in [3.63, 3.8) is 0 Å². The quantitative estimate of drug-likeness (QED) is 0.621. The van der Waals surface area contributed by atoms with E-state index in [1.54, 1.807) is 0 Å². The van der Waals surface area contributed by atoms with Gasteiger partial charge in [-0.2, -0.15) is 0 Å². The van der Waals surface area contributed by atoms with Crippen LogP contribution in [-0.2, 0) is 0 Å². The lowest BCUT2D eigenvalue weighted by Gasteiger charge is -2.34. The van der Waals surface area contributed by atoms with Crippen molar-refractivity contribution in [2.45, 2.75) is 12.8 Å². The fraction of sp³-hybridized carbons (Fsp3) is 0.167. The molecule has 2 aromatic rings. The molecule has 1 nitrogen and oxygen atoms in total. The smallest absolute Gasteiger partial charge is 0.0533 e. The molecular formula is C24H19N. The summed E-state index contributed by atoms with van der Waals surface area (Å²) in [6, 6.07) is 19.6. The molecule has 0 amide bonds. The molecule has 1 heteroatoms. The number of para-hydroxylation sites is 2. The number of benzene rings is 2. The van der Waals surface area contributed by atoms with E-state index in [1.165, 1.54) is 45.8 Å². The molecule has 0 radical (unpaired) electrons. The number of nitrogens with zero attached hydrogens (tertiary/aromatic N) is 1. The molecule has 2 unspecified atom stereocenters. The number of hydrogen-bond donors (Lipinski definition) is 0. The molecule has 2 aromatic carbocycles. The van der Waals surface area contributed by atoms with Crippen LogP contribution in [0.2, 0.25) is 0 Å².